The summed E-state index contributed by atoms with van der Waals surface area (Å²) in [6.07, 6.45) is 1.45. The van der Waals surface area contributed by atoms with Crippen molar-refractivity contribution in [3.05, 3.63) is 11.9 Å². The average molecular weight is 171 g/mol. The quantitative estimate of drug-likeness (QED) is 0.260. The average Bonchev–Trinajstić information content (AvgIpc) is 2.04. The summed E-state index contributed by atoms with van der Waals surface area (Å²) in [4.78, 5) is 11.0. The molecule has 0 atom stereocenters. The SMILES string of the molecule is C=NN/C(=C\NC)C(=O)OCC. The molecule has 0 heterocycles. The van der Waals surface area contributed by atoms with Crippen LogP contribution in [0.4, 0.5) is 0 Å². The summed E-state index contributed by atoms with van der Waals surface area (Å²) < 4.78 is 4.71. The summed E-state index contributed by atoms with van der Waals surface area (Å²) >= 11 is 0. The van der Waals surface area contributed by atoms with E-state index in [1.807, 2.05) is 0 Å². The molecule has 0 bridgehead atoms. The molecule has 0 aliphatic rings. The van der Waals surface area contributed by atoms with Crippen LogP contribution in [0.5, 0.6) is 0 Å². The van der Waals surface area contributed by atoms with Crippen molar-refractivity contribution in [2.45, 2.75) is 6.92 Å². The first-order valence-electron chi connectivity index (χ1n) is 3.52. The molecule has 68 valence electrons. The van der Waals surface area contributed by atoms with Crippen LogP contribution < -0.4 is 10.7 Å². The lowest BCUT2D eigenvalue weighted by molar-refractivity contribution is -0.139. The molecule has 0 saturated carbocycles. The minimum Gasteiger partial charge on any atom is -0.461 e. The van der Waals surface area contributed by atoms with Crippen LogP contribution in [-0.2, 0) is 9.53 Å². The van der Waals surface area contributed by atoms with Crippen molar-refractivity contribution in [1.29, 1.82) is 0 Å². The number of esters is 1. The van der Waals surface area contributed by atoms with Crippen LogP contribution in [0, 0.1) is 0 Å². The highest BCUT2D eigenvalue weighted by molar-refractivity contribution is 5.87. The zero-order valence-electron chi connectivity index (χ0n) is 7.26. The van der Waals surface area contributed by atoms with Gasteiger partial charge in [-0.15, -0.1) is 0 Å². The first kappa shape index (κ1) is 10.5. The highest BCUT2D eigenvalue weighted by Crippen LogP contribution is 1.91. The number of carbonyl (C=O) groups is 1. The van der Waals surface area contributed by atoms with Crippen LogP contribution >= 0.6 is 0 Å². The van der Waals surface area contributed by atoms with Crippen molar-refractivity contribution in [2.75, 3.05) is 13.7 Å². The van der Waals surface area contributed by atoms with Crippen molar-refractivity contribution < 1.29 is 9.53 Å². The van der Waals surface area contributed by atoms with Crippen molar-refractivity contribution >= 4 is 12.7 Å². The zero-order valence-corrected chi connectivity index (χ0v) is 7.26. The van der Waals surface area contributed by atoms with E-state index in [2.05, 4.69) is 22.6 Å². The van der Waals surface area contributed by atoms with Gasteiger partial charge in [0.1, 0.15) is 0 Å². The Morgan fingerprint density at radius 1 is 1.75 bits per heavy atom. The van der Waals surface area contributed by atoms with E-state index >= 15 is 0 Å². The van der Waals surface area contributed by atoms with E-state index in [1.165, 1.54) is 6.20 Å². The maximum Gasteiger partial charge on any atom is 0.357 e. The Balaban J connectivity index is 4.18. The summed E-state index contributed by atoms with van der Waals surface area (Å²) in [6, 6.07) is 0. The number of hydrogen-bond acceptors (Lipinski definition) is 5. The lowest BCUT2D eigenvalue weighted by Crippen LogP contribution is -2.20. The van der Waals surface area contributed by atoms with E-state index in [1.54, 1.807) is 14.0 Å². The van der Waals surface area contributed by atoms with Crippen molar-refractivity contribution in [3.63, 3.8) is 0 Å². The summed E-state index contributed by atoms with van der Waals surface area (Å²) in [7, 11) is 1.67. The number of hydrogen-bond donors (Lipinski definition) is 2. The predicted octanol–water partition coefficient (Wildman–Crippen LogP) is -0.185. The molecule has 0 unspecified atom stereocenters. The van der Waals surface area contributed by atoms with Crippen LogP contribution in [0.1, 0.15) is 6.92 Å². The van der Waals surface area contributed by atoms with E-state index < -0.39 is 5.97 Å². The standard InChI is InChI=1S/C7H13N3O2/c1-4-12-7(11)6(5-8-2)10-9-3/h5,8,10H,3-4H2,1-2H3/b6-5-. The van der Waals surface area contributed by atoms with Crippen LogP contribution in [0.3, 0.4) is 0 Å². The van der Waals surface area contributed by atoms with Gasteiger partial charge in [-0.3, -0.25) is 5.43 Å². The molecule has 2 N–H and O–H groups in total. The van der Waals surface area contributed by atoms with Crippen LogP contribution in [-0.4, -0.2) is 26.3 Å². The van der Waals surface area contributed by atoms with Gasteiger partial charge in [0, 0.05) is 20.0 Å². The predicted molar refractivity (Wildman–Crippen MR) is 46.5 cm³/mol. The third kappa shape index (κ3) is 3.60. The maximum atomic E-state index is 11.0. The van der Waals surface area contributed by atoms with Gasteiger partial charge in [-0.1, -0.05) is 0 Å². The Morgan fingerprint density at radius 2 is 2.42 bits per heavy atom. The molecule has 5 nitrogen and oxygen atoms in total. The molecular formula is C7H13N3O2. The third-order valence-electron chi connectivity index (χ3n) is 0.984. The summed E-state index contributed by atoms with van der Waals surface area (Å²) in [5.41, 5.74) is 2.64. The van der Waals surface area contributed by atoms with Gasteiger partial charge in [0.05, 0.1) is 6.61 Å². The molecule has 12 heavy (non-hydrogen) atoms. The fourth-order valence-electron chi connectivity index (χ4n) is 0.575. The monoisotopic (exact) mass is 171 g/mol. The molecule has 0 amide bonds. The van der Waals surface area contributed by atoms with Gasteiger partial charge in [0.2, 0.25) is 0 Å². The minimum absolute atomic E-state index is 0.231. The summed E-state index contributed by atoms with van der Waals surface area (Å²) in [5.74, 6) is -0.459. The molecular weight excluding hydrogens is 158 g/mol. The van der Waals surface area contributed by atoms with Gasteiger partial charge in [-0.25, -0.2) is 4.79 Å². The van der Waals surface area contributed by atoms with Crippen molar-refractivity contribution in [3.8, 4) is 0 Å². The number of ether oxygens (including phenoxy) is 1. The molecule has 0 aliphatic carbocycles. The molecule has 5 heteroatoms. The second kappa shape index (κ2) is 6.21. The smallest absolute Gasteiger partial charge is 0.357 e. The van der Waals surface area contributed by atoms with Crippen molar-refractivity contribution in [1.82, 2.24) is 10.7 Å². The Bertz CT molecular complexity index is 189. The fourth-order valence-corrected chi connectivity index (χ4v) is 0.575. The van der Waals surface area contributed by atoms with Gasteiger partial charge in [-0.2, -0.15) is 5.10 Å². The molecule has 0 fully saturated rings. The molecule has 0 aromatic heterocycles. The zero-order chi connectivity index (χ0) is 9.40. The first-order chi connectivity index (χ1) is 5.76. The topological polar surface area (TPSA) is 62.7 Å². The lowest BCUT2D eigenvalue weighted by atomic mass is 10.5. The number of hydrazone groups is 1. The highest BCUT2D eigenvalue weighted by atomic mass is 16.5. The Labute approximate surface area is 71.5 Å². The number of carbonyl (C=O) groups excluding carboxylic acids is 1. The second-order valence-corrected chi connectivity index (χ2v) is 1.84. The molecule has 0 rings (SSSR count). The number of nitrogens with one attached hydrogen (secondary N) is 2. The fraction of sp³-hybridized carbons (Fsp3) is 0.429. The van der Waals surface area contributed by atoms with Crippen LogP contribution in [0.15, 0.2) is 17.0 Å². The third-order valence-corrected chi connectivity index (χ3v) is 0.984. The molecule has 0 saturated heterocycles. The number of nitrogens with zero attached hydrogens (tertiary/aromatic N) is 1. The van der Waals surface area contributed by atoms with Gasteiger partial charge in [0.15, 0.2) is 5.70 Å². The molecule has 0 radical (unpaired) electrons. The molecule has 0 aromatic carbocycles. The summed E-state index contributed by atoms with van der Waals surface area (Å²) in [5, 5.41) is 6.03. The normalized spacial score (nSPS) is 10.3. The molecule has 0 aliphatic heterocycles. The molecule has 0 aromatic rings. The van der Waals surface area contributed by atoms with Gasteiger partial charge >= 0.3 is 5.97 Å². The van der Waals surface area contributed by atoms with Gasteiger partial charge < -0.3 is 10.1 Å². The molecule has 0 spiro atoms. The Morgan fingerprint density at radius 3 is 2.83 bits per heavy atom. The van der Waals surface area contributed by atoms with Gasteiger partial charge in [-0.05, 0) is 6.92 Å². The van der Waals surface area contributed by atoms with E-state index in [0.717, 1.165) is 0 Å². The Kier molecular flexibility index (Phi) is 5.42. The first-order valence-corrected chi connectivity index (χ1v) is 3.52. The highest BCUT2D eigenvalue weighted by Gasteiger charge is 2.07. The lowest BCUT2D eigenvalue weighted by Gasteiger charge is -2.04. The second-order valence-electron chi connectivity index (χ2n) is 1.84. The summed E-state index contributed by atoms with van der Waals surface area (Å²) in [6.45, 7) is 5.25. The van der Waals surface area contributed by atoms with E-state index in [-0.39, 0.29) is 5.70 Å². The largest absolute Gasteiger partial charge is 0.461 e. The minimum atomic E-state index is -0.459. The maximum absolute atomic E-state index is 11.0. The van der Waals surface area contributed by atoms with Crippen molar-refractivity contribution in [2.24, 2.45) is 5.10 Å². The van der Waals surface area contributed by atoms with E-state index in [9.17, 15) is 4.79 Å². The van der Waals surface area contributed by atoms with E-state index in [0.29, 0.717) is 6.61 Å². The Hall–Kier alpha value is -1.52. The number of rotatable bonds is 5. The van der Waals surface area contributed by atoms with E-state index in [4.69, 9.17) is 4.74 Å². The van der Waals surface area contributed by atoms with Crippen LogP contribution in [0.2, 0.25) is 0 Å². The van der Waals surface area contributed by atoms with Gasteiger partial charge in [0.25, 0.3) is 0 Å². The van der Waals surface area contributed by atoms with Crippen LogP contribution in [0.25, 0.3) is 0 Å².